The molecule has 0 aliphatic carbocycles. The minimum atomic E-state index is -0.850. The number of aromatic nitrogens is 1. The number of oxazole rings is 1. The minimum absolute atomic E-state index is 0.353. The lowest BCUT2D eigenvalue weighted by atomic mass is 9.93. The Morgan fingerprint density at radius 1 is 1.16 bits per heavy atom. The largest absolute Gasteiger partial charge is 0.438 e. The number of nitrogens with zero attached hydrogens (tertiary/aromatic N) is 1. The van der Waals surface area contributed by atoms with Gasteiger partial charge in [-0.2, -0.15) is 0 Å². The smallest absolute Gasteiger partial charge is 0.219 e. The van der Waals surface area contributed by atoms with Crippen LogP contribution in [0.25, 0.3) is 11.1 Å². The van der Waals surface area contributed by atoms with E-state index < -0.39 is 5.54 Å². The Hall–Kier alpha value is -2.20. The van der Waals surface area contributed by atoms with Crippen LogP contribution in [0.1, 0.15) is 18.4 Å². The molecule has 2 N–H and O–H groups in total. The zero-order valence-electron chi connectivity index (χ0n) is 10.4. The van der Waals surface area contributed by atoms with Crippen LogP contribution in [0.15, 0.2) is 52.9 Å². The maximum atomic E-state index is 13.1. The average Bonchev–Trinajstić information content (AvgIpc) is 2.83. The second-order valence-electron chi connectivity index (χ2n) is 4.70. The van der Waals surface area contributed by atoms with E-state index >= 15 is 0 Å². The monoisotopic (exact) mass is 256 g/mol. The Morgan fingerprint density at radius 3 is 2.63 bits per heavy atom. The summed E-state index contributed by atoms with van der Waals surface area (Å²) in [5.74, 6) is 0.0212. The summed E-state index contributed by atoms with van der Waals surface area (Å²) in [5, 5.41) is 0. The number of hydrogen-bond donors (Lipinski definition) is 1. The predicted octanol–water partition coefficient (Wildman–Crippen LogP) is 3.19. The van der Waals surface area contributed by atoms with Gasteiger partial charge in [-0.25, -0.2) is 9.37 Å². The topological polar surface area (TPSA) is 52.0 Å². The molecule has 0 aliphatic rings. The molecule has 3 rings (SSSR count). The lowest BCUT2D eigenvalue weighted by molar-refractivity contribution is 0.418. The molecule has 1 atom stereocenters. The molecule has 0 aliphatic heterocycles. The highest BCUT2D eigenvalue weighted by atomic mass is 19.1. The van der Waals surface area contributed by atoms with Gasteiger partial charge in [-0.3, -0.25) is 0 Å². The standard InChI is InChI=1S/C15H13FN2O/c1-15(17,10-5-3-2-4-6-10)14-18-12-8-7-11(16)9-13(12)19-14/h2-9H,17H2,1H3. The van der Waals surface area contributed by atoms with Crippen LogP contribution in [0.5, 0.6) is 0 Å². The Labute approximate surface area is 109 Å². The first-order valence-electron chi connectivity index (χ1n) is 5.98. The lowest BCUT2D eigenvalue weighted by Crippen LogP contribution is -2.34. The molecule has 0 bridgehead atoms. The van der Waals surface area contributed by atoms with Crippen molar-refractivity contribution in [1.82, 2.24) is 4.98 Å². The van der Waals surface area contributed by atoms with E-state index in [1.54, 1.807) is 6.07 Å². The second kappa shape index (κ2) is 4.17. The zero-order valence-corrected chi connectivity index (χ0v) is 10.4. The first-order valence-corrected chi connectivity index (χ1v) is 5.98. The molecule has 0 spiro atoms. The predicted molar refractivity (Wildman–Crippen MR) is 71.1 cm³/mol. The summed E-state index contributed by atoms with van der Waals surface area (Å²) in [4.78, 5) is 4.34. The van der Waals surface area contributed by atoms with E-state index in [2.05, 4.69) is 4.98 Å². The van der Waals surface area contributed by atoms with Crippen LogP contribution in [0.2, 0.25) is 0 Å². The van der Waals surface area contributed by atoms with Crippen LogP contribution < -0.4 is 5.73 Å². The molecule has 3 aromatic rings. The molecule has 0 amide bonds. The molecule has 1 unspecified atom stereocenters. The van der Waals surface area contributed by atoms with Gasteiger partial charge in [0.25, 0.3) is 0 Å². The van der Waals surface area contributed by atoms with Crippen LogP contribution in [0, 0.1) is 5.82 Å². The van der Waals surface area contributed by atoms with Crippen molar-refractivity contribution in [1.29, 1.82) is 0 Å². The SMILES string of the molecule is CC(N)(c1ccccc1)c1nc2ccc(F)cc2o1. The van der Waals surface area contributed by atoms with Crippen molar-refractivity contribution in [3.63, 3.8) is 0 Å². The number of fused-ring (bicyclic) bond motifs is 1. The molecule has 3 nitrogen and oxygen atoms in total. The fraction of sp³-hybridized carbons (Fsp3) is 0.133. The van der Waals surface area contributed by atoms with Crippen LogP contribution in [0.4, 0.5) is 4.39 Å². The van der Waals surface area contributed by atoms with E-state index in [1.807, 2.05) is 37.3 Å². The molecule has 1 aromatic heterocycles. The van der Waals surface area contributed by atoms with Crippen molar-refractivity contribution in [2.45, 2.75) is 12.5 Å². The molecule has 96 valence electrons. The van der Waals surface area contributed by atoms with E-state index in [0.29, 0.717) is 17.0 Å². The first kappa shape index (κ1) is 11.9. The van der Waals surface area contributed by atoms with Gasteiger partial charge in [0.15, 0.2) is 5.58 Å². The van der Waals surface area contributed by atoms with Gasteiger partial charge in [-0.15, -0.1) is 0 Å². The molecule has 1 heterocycles. The summed E-state index contributed by atoms with van der Waals surface area (Å²) in [7, 11) is 0. The number of benzene rings is 2. The van der Waals surface area contributed by atoms with Gasteiger partial charge in [0.1, 0.15) is 16.9 Å². The van der Waals surface area contributed by atoms with Crippen LogP contribution in [-0.4, -0.2) is 4.98 Å². The number of nitrogens with two attached hydrogens (primary N) is 1. The third-order valence-electron chi connectivity index (χ3n) is 3.17. The molecular weight excluding hydrogens is 243 g/mol. The van der Waals surface area contributed by atoms with Crippen LogP contribution >= 0.6 is 0 Å². The van der Waals surface area contributed by atoms with E-state index in [9.17, 15) is 4.39 Å². The Kier molecular flexibility index (Phi) is 2.61. The maximum absolute atomic E-state index is 13.1. The lowest BCUT2D eigenvalue weighted by Gasteiger charge is -2.20. The minimum Gasteiger partial charge on any atom is -0.438 e. The molecule has 0 radical (unpaired) electrons. The van der Waals surface area contributed by atoms with Gasteiger partial charge in [0.2, 0.25) is 5.89 Å². The van der Waals surface area contributed by atoms with Crippen molar-refractivity contribution in [3.8, 4) is 0 Å². The highest BCUT2D eigenvalue weighted by molar-refractivity contribution is 5.72. The van der Waals surface area contributed by atoms with Crippen molar-refractivity contribution in [2.24, 2.45) is 5.73 Å². The molecule has 19 heavy (non-hydrogen) atoms. The van der Waals surface area contributed by atoms with Crippen LogP contribution in [0.3, 0.4) is 0 Å². The number of hydrogen-bond acceptors (Lipinski definition) is 3. The summed E-state index contributed by atoms with van der Waals surface area (Å²) in [6.07, 6.45) is 0. The van der Waals surface area contributed by atoms with E-state index in [4.69, 9.17) is 10.2 Å². The van der Waals surface area contributed by atoms with Gasteiger partial charge in [0, 0.05) is 6.07 Å². The summed E-state index contributed by atoms with van der Waals surface area (Å²) < 4.78 is 18.7. The van der Waals surface area contributed by atoms with Crippen molar-refractivity contribution < 1.29 is 8.81 Å². The highest BCUT2D eigenvalue weighted by Crippen LogP contribution is 2.28. The van der Waals surface area contributed by atoms with E-state index in [-0.39, 0.29) is 5.82 Å². The highest BCUT2D eigenvalue weighted by Gasteiger charge is 2.29. The average molecular weight is 256 g/mol. The molecular formula is C15H13FN2O. The van der Waals surface area contributed by atoms with Crippen molar-refractivity contribution in [3.05, 3.63) is 65.8 Å². The summed E-state index contributed by atoms with van der Waals surface area (Å²) >= 11 is 0. The molecule has 0 saturated heterocycles. The van der Waals surface area contributed by atoms with Gasteiger partial charge < -0.3 is 10.2 Å². The Bertz CT molecular complexity index is 719. The summed E-state index contributed by atoms with van der Waals surface area (Å²) in [5.41, 5.74) is 7.36. The quantitative estimate of drug-likeness (QED) is 0.766. The fourth-order valence-electron chi connectivity index (χ4n) is 2.03. The van der Waals surface area contributed by atoms with Crippen molar-refractivity contribution in [2.75, 3.05) is 0 Å². The first-order chi connectivity index (χ1) is 9.07. The molecule has 0 fully saturated rings. The Balaban J connectivity index is 2.13. The van der Waals surface area contributed by atoms with Crippen LogP contribution in [-0.2, 0) is 5.54 Å². The van der Waals surface area contributed by atoms with Gasteiger partial charge in [-0.05, 0) is 24.6 Å². The van der Waals surface area contributed by atoms with Crippen molar-refractivity contribution >= 4 is 11.1 Å². The third kappa shape index (κ3) is 2.00. The summed E-state index contributed by atoms with van der Waals surface area (Å²) in [6, 6.07) is 13.8. The van der Waals surface area contributed by atoms with E-state index in [1.165, 1.54) is 12.1 Å². The van der Waals surface area contributed by atoms with E-state index in [0.717, 1.165) is 5.56 Å². The summed E-state index contributed by atoms with van der Waals surface area (Å²) in [6.45, 7) is 1.82. The maximum Gasteiger partial charge on any atom is 0.219 e. The van der Waals surface area contributed by atoms with Gasteiger partial charge >= 0.3 is 0 Å². The normalized spacial score (nSPS) is 14.5. The van der Waals surface area contributed by atoms with Gasteiger partial charge in [-0.1, -0.05) is 30.3 Å². The zero-order chi connectivity index (χ0) is 13.5. The molecule has 2 aromatic carbocycles. The third-order valence-corrected chi connectivity index (χ3v) is 3.17. The second-order valence-corrected chi connectivity index (χ2v) is 4.70. The molecule has 0 saturated carbocycles. The number of rotatable bonds is 2. The fourth-order valence-corrected chi connectivity index (χ4v) is 2.03. The van der Waals surface area contributed by atoms with Gasteiger partial charge in [0.05, 0.1) is 0 Å². The Morgan fingerprint density at radius 2 is 1.89 bits per heavy atom. The molecule has 4 heteroatoms. The number of halogens is 1.